The maximum atomic E-state index is 12.5. The van der Waals surface area contributed by atoms with Gasteiger partial charge < -0.3 is 29.0 Å². The maximum Gasteiger partial charge on any atom is 0.307 e. The highest BCUT2D eigenvalue weighted by Crippen LogP contribution is 2.40. The first-order valence-electron chi connectivity index (χ1n) is 15.0. The molecule has 7 heteroatoms. The third kappa shape index (κ3) is 10.2. The Bertz CT molecular complexity index is 788. The lowest BCUT2D eigenvalue weighted by Crippen LogP contribution is -2.50. The number of benzene rings is 1. The van der Waals surface area contributed by atoms with Gasteiger partial charge in [-0.05, 0) is 39.3 Å². The Balaban J connectivity index is 1.54. The lowest BCUT2D eigenvalue weighted by atomic mass is 10.00. The molecule has 2 fully saturated rings. The summed E-state index contributed by atoms with van der Waals surface area (Å²) >= 11 is 0. The third-order valence-electron chi connectivity index (χ3n) is 7.34. The fourth-order valence-corrected chi connectivity index (χ4v) is 5.39. The molecule has 0 radical (unpaired) electrons. The van der Waals surface area contributed by atoms with E-state index in [1.54, 1.807) is 0 Å². The number of fused-ring (bicyclic) bond motifs is 1. The number of hydrogen-bond donors (Lipinski definition) is 1. The van der Waals surface area contributed by atoms with E-state index in [1.165, 1.54) is 57.8 Å². The Morgan fingerprint density at radius 3 is 2.26 bits per heavy atom. The summed E-state index contributed by atoms with van der Waals surface area (Å²) in [5.41, 5.74) is 1.08. The molecule has 2 aliphatic rings. The van der Waals surface area contributed by atoms with Crippen LogP contribution in [0.5, 0.6) is 0 Å². The van der Waals surface area contributed by atoms with E-state index in [-0.39, 0.29) is 30.6 Å². The lowest BCUT2D eigenvalue weighted by molar-refractivity contribution is -0.223. The molecule has 38 heavy (non-hydrogen) atoms. The van der Waals surface area contributed by atoms with Gasteiger partial charge in [0.25, 0.3) is 0 Å². The summed E-state index contributed by atoms with van der Waals surface area (Å²) in [6.07, 6.45) is 11.4. The third-order valence-corrected chi connectivity index (χ3v) is 7.34. The summed E-state index contributed by atoms with van der Waals surface area (Å²) < 4.78 is 30.3. The number of esters is 1. The molecule has 0 saturated carbocycles. The van der Waals surface area contributed by atoms with Crippen molar-refractivity contribution in [3.63, 3.8) is 0 Å². The smallest absolute Gasteiger partial charge is 0.307 e. The topological polar surface area (TPSA) is 75.3 Å². The summed E-state index contributed by atoms with van der Waals surface area (Å²) in [4.78, 5) is 12.5. The molecule has 5 atom stereocenters. The van der Waals surface area contributed by atoms with E-state index in [0.29, 0.717) is 13.2 Å². The SMILES string of the molecule is CCCCCCCCCCCCN[C@@H](CC(=O)OCC)[C@H]1O[C@@H]2OC(C)(C)O[C@@H]2[C@H]1OCc1ccccc1. The average Bonchev–Trinajstić information content (AvgIpc) is 3.37. The van der Waals surface area contributed by atoms with Crippen LogP contribution in [0.15, 0.2) is 30.3 Å². The molecule has 1 N–H and O–H groups in total. The van der Waals surface area contributed by atoms with Crippen LogP contribution < -0.4 is 5.32 Å². The molecule has 0 aliphatic carbocycles. The van der Waals surface area contributed by atoms with Crippen LogP contribution in [0.25, 0.3) is 0 Å². The number of unbranched alkanes of at least 4 members (excludes halogenated alkanes) is 9. The molecule has 2 heterocycles. The van der Waals surface area contributed by atoms with Gasteiger partial charge in [0.15, 0.2) is 12.1 Å². The van der Waals surface area contributed by atoms with E-state index < -0.39 is 18.2 Å². The first kappa shape index (κ1) is 31.0. The molecule has 0 spiro atoms. The van der Waals surface area contributed by atoms with Gasteiger partial charge in [-0.25, -0.2) is 0 Å². The zero-order valence-electron chi connectivity index (χ0n) is 24.1. The van der Waals surface area contributed by atoms with Gasteiger partial charge in [-0.15, -0.1) is 0 Å². The van der Waals surface area contributed by atoms with Crippen LogP contribution in [0.4, 0.5) is 0 Å². The molecule has 3 rings (SSSR count). The van der Waals surface area contributed by atoms with E-state index in [9.17, 15) is 4.79 Å². The van der Waals surface area contributed by atoms with Crippen LogP contribution in [0.2, 0.25) is 0 Å². The van der Waals surface area contributed by atoms with Crippen molar-refractivity contribution in [1.29, 1.82) is 0 Å². The number of ether oxygens (including phenoxy) is 5. The van der Waals surface area contributed by atoms with Crippen molar-refractivity contribution in [2.45, 2.75) is 141 Å². The normalized spacial score (nSPS) is 24.8. The second-order valence-corrected chi connectivity index (χ2v) is 11.1. The first-order chi connectivity index (χ1) is 18.4. The van der Waals surface area contributed by atoms with Gasteiger partial charge in [0, 0.05) is 6.04 Å². The summed E-state index contributed by atoms with van der Waals surface area (Å²) in [5, 5.41) is 3.60. The predicted molar refractivity (Wildman–Crippen MR) is 149 cm³/mol. The van der Waals surface area contributed by atoms with E-state index in [4.69, 9.17) is 23.7 Å². The zero-order valence-corrected chi connectivity index (χ0v) is 24.1. The highest BCUT2D eigenvalue weighted by molar-refractivity contribution is 5.70. The van der Waals surface area contributed by atoms with E-state index in [1.807, 2.05) is 51.1 Å². The Kier molecular flexibility index (Phi) is 13.5. The van der Waals surface area contributed by atoms with Crippen molar-refractivity contribution in [2.75, 3.05) is 13.2 Å². The van der Waals surface area contributed by atoms with Crippen LogP contribution in [-0.4, -0.2) is 55.6 Å². The van der Waals surface area contributed by atoms with Crippen molar-refractivity contribution < 1.29 is 28.5 Å². The molecule has 7 nitrogen and oxygen atoms in total. The van der Waals surface area contributed by atoms with Gasteiger partial charge in [-0.2, -0.15) is 0 Å². The molecule has 216 valence electrons. The maximum absolute atomic E-state index is 12.5. The molecule has 0 aromatic heterocycles. The second-order valence-electron chi connectivity index (χ2n) is 11.1. The number of hydrogen-bond acceptors (Lipinski definition) is 7. The molecule has 1 aromatic rings. The van der Waals surface area contributed by atoms with E-state index >= 15 is 0 Å². The van der Waals surface area contributed by atoms with Gasteiger partial charge in [0.05, 0.1) is 19.6 Å². The Morgan fingerprint density at radius 1 is 0.947 bits per heavy atom. The minimum Gasteiger partial charge on any atom is -0.466 e. The van der Waals surface area contributed by atoms with E-state index in [0.717, 1.165) is 18.5 Å². The first-order valence-corrected chi connectivity index (χ1v) is 15.0. The molecular formula is C31H51NO6. The highest BCUT2D eigenvalue weighted by atomic mass is 16.8. The summed E-state index contributed by atoms with van der Waals surface area (Å²) in [5.74, 6) is -0.980. The standard InChI is InChI=1S/C31H51NO6/c1-5-7-8-9-10-11-12-13-14-18-21-32-25(22-26(33)34-6-2)27-28(35-23-24-19-16-15-17-20-24)29-30(36-27)38-31(3,4)37-29/h15-17,19-20,25,27-30,32H,5-14,18,21-23H2,1-4H3/t25-,27+,28-,29+,30+/m0/s1. The van der Waals surface area contributed by atoms with Crippen LogP contribution in [0.3, 0.4) is 0 Å². The largest absolute Gasteiger partial charge is 0.466 e. The van der Waals surface area contributed by atoms with E-state index in [2.05, 4.69) is 12.2 Å². The van der Waals surface area contributed by atoms with Gasteiger partial charge in [-0.1, -0.05) is 95.0 Å². The predicted octanol–water partition coefficient (Wildman–Crippen LogP) is 6.28. The molecule has 0 bridgehead atoms. The second kappa shape index (κ2) is 16.6. The molecule has 0 unspecified atom stereocenters. The monoisotopic (exact) mass is 533 g/mol. The van der Waals surface area contributed by atoms with Crippen LogP contribution >= 0.6 is 0 Å². The molecule has 2 aliphatic heterocycles. The molecule has 0 amide bonds. The Labute approximate surface area is 230 Å². The van der Waals surface area contributed by atoms with Crippen LogP contribution in [0.1, 0.15) is 104 Å². The van der Waals surface area contributed by atoms with Crippen molar-refractivity contribution >= 4 is 5.97 Å². The lowest BCUT2D eigenvalue weighted by Gasteiger charge is -2.31. The quantitative estimate of drug-likeness (QED) is 0.166. The fourth-order valence-electron chi connectivity index (χ4n) is 5.39. The molecule has 1 aromatic carbocycles. The summed E-state index contributed by atoms with van der Waals surface area (Å²) in [6.45, 7) is 9.47. The number of nitrogens with one attached hydrogen (secondary N) is 1. The summed E-state index contributed by atoms with van der Waals surface area (Å²) in [7, 11) is 0. The molecular weight excluding hydrogens is 482 g/mol. The van der Waals surface area contributed by atoms with Gasteiger partial charge in [-0.3, -0.25) is 4.79 Å². The zero-order chi connectivity index (χ0) is 27.2. The van der Waals surface area contributed by atoms with Crippen molar-refractivity contribution in [3.05, 3.63) is 35.9 Å². The number of rotatable bonds is 19. The minimum atomic E-state index is -0.741. The van der Waals surface area contributed by atoms with Crippen molar-refractivity contribution in [2.24, 2.45) is 0 Å². The van der Waals surface area contributed by atoms with Crippen molar-refractivity contribution in [3.8, 4) is 0 Å². The van der Waals surface area contributed by atoms with Crippen molar-refractivity contribution in [1.82, 2.24) is 5.32 Å². The highest BCUT2D eigenvalue weighted by Gasteiger charge is 2.57. The summed E-state index contributed by atoms with van der Waals surface area (Å²) in [6, 6.07) is 9.81. The van der Waals surface area contributed by atoms with Gasteiger partial charge >= 0.3 is 5.97 Å². The minimum absolute atomic E-state index is 0.213. The average molecular weight is 534 g/mol. The Morgan fingerprint density at radius 2 is 1.61 bits per heavy atom. The number of carbonyl (C=O) groups excluding carboxylic acids is 1. The molecule has 2 saturated heterocycles. The van der Waals surface area contributed by atoms with Gasteiger partial charge in [0.2, 0.25) is 0 Å². The fraction of sp³-hybridized carbons (Fsp3) is 0.774. The van der Waals surface area contributed by atoms with Crippen LogP contribution in [-0.2, 0) is 35.1 Å². The number of carbonyl (C=O) groups is 1. The Hall–Kier alpha value is -1.51. The van der Waals surface area contributed by atoms with Gasteiger partial charge in [0.1, 0.15) is 18.3 Å². The van der Waals surface area contributed by atoms with Crippen LogP contribution in [0, 0.1) is 0 Å².